The number of amides is 2. The molecular weight excluding hydrogens is 539 g/mol. The Bertz CT molecular complexity index is 1610. The maximum Gasteiger partial charge on any atom is 0.420 e. The smallest absolute Gasteiger partial charge is 0.367 e. The molecule has 5 aromatic rings. The lowest BCUT2D eigenvalue weighted by molar-refractivity contribution is -0.137. The third-order valence-corrected chi connectivity index (χ3v) is 5.69. The Labute approximate surface area is 223 Å². The molecule has 0 aliphatic rings. The normalized spacial score (nSPS) is 12.4. The quantitative estimate of drug-likeness (QED) is 0.278. The summed E-state index contributed by atoms with van der Waals surface area (Å²) in [4.78, 5) is 21.7. The summed E-state index contributed by atoms with van der Waals surface area (Å²) >= 11 is 6.08. The lowest BCUT2D eigenvalue weighted by atomic mass is 10.2. The van der Waals surface area contributed by atoms with Crippen molar-refractivity contribution in [3.8, 4) is 5.82 Å². The first-order chi connectivity index (χ1) is 18.7. The Balaban J connectivity index is 1.40. The molecule has 1 aromatic carbocycles. The molecule has 15 heteroatoms. The highest BCUT2D eigenvalue weighted by Crippen LogP contribution is 2.34. The van der Waals surface area contributed by atoms with E-state index < -0.39 is 29.7 Å². The van der Waals surface area contributed by atoms with Gasteiger partial charge in [0.05, 0.1) is 54.6 Å². The van der Waals surface area contributed by atoms with E-state index in [-0.39, 0.29) is 23.1 Å². The number of anilines is 2. The number of carbonyl (C=O) groups is 1. The molecule has 0 saturated heterocycles. The van der Waals surface area contributed by atoms with Gasteiger partial charge in [0.2, 0.25) is 0 Å². The molecular formula is C24H19ClF3N9O2. The SMILES string of the molecule is CC(OCc1ccccc1)c1c(NC(=O)Nc2cnc(-n3nccn3)c(C(F)(F)F)c2)cnc2cc(Cl)nn12. The minimum absolute atomic E-state index is 0.179. The molecule has 0 aliphatic carbocycles. The Kier molecular flexibility index (Phi) is 7.13. The molecule has 0 fully saturated rings. The second kappa shape index (κ2) is 10.7. The molecule has 0 spiro atoms. The predicted octanol–water partition coefficient (Wildman–Crippen LogP) is 5.30. The number of hydrogen-bond acceptors (Lipinski definition) is 7. The topological polar surface area (TPSA) is 124 Å². The van der Waals surface area contributed by atoms with Gasteiger partial charge >= 0.3 is 12.2 Å². The molecule has 4 aromatic heterocycles. The third kappa shape index (κ3) is 5.81. The Hall–Kier alpha value is -4.56. The van der Waals surface area contributed by atoms with Crippen molar-refractivity contribution < 1.29 is 22.7 Å². The van der Waals surface area contributed by atoms with Gasteiger partial charge in [-0.25, -0.2) is 19.3 Å². The summed E-state index contributed by atoms with van der Waals surface area (Å²) in [6.45, 7) is 2.04. The van der Waals surface area contributed by atoms with Crippen molar-refractivity contribution in [1.82, 2.24) is 34.6 Å². The van der Waals surface area contributed by atoms with Crippen molar-refractivity contribution in [3.05, 3.63) is 89.2 Å². The molecule has 200 valence electrons. The molecule has 1 unspecified atom stereocenters. The zero-order valence-electron chi connectivity index (χ0n) is 20.1. The van der Waals surface area contributed by atoms with E-state index in [1.54, 1.807) is 13.0 Å². The van der Waals surface area contributed by atoms with E-state index in [4.69, 9.17) is 16.3 Å². The molecule has 39 heavy (non-hydrogen) atoms. The second-order valence-electron chi connectivity index (χ2n) is 8.22. The lowest BCUT2D eigenvalue weighted by Crippen LogP contribution is -2.23. The highest BCUT2D eigenvalue weighted by molar-refractivity contribution is 6.29. The Morgan fingerprint density at radius 3 is 2.54 bits per heavy atom. The fourth-order valence-corrected chi connectivity index (χ4v) is 3.96. The van der Waals surface area contributed by atoms with Gasteiger partial charge in [-0.2, -0.15) is 28.5 Å². The van der Waals surface area contributed by atoms with Gasteiger partial charge in [-0.3, -0.25) is 0 Å². The maximum atomic E-state index is 13.7. The molecule has 0 radical (unpaired) electrons. The van der Waals surface area contributed by atoms with Crippen molar-refractivity contribution >= 4 is 34.7 Å². The number of hydrogen-bond donors (Lipinski definition) is 2. The zero-order chi connectivity index (χ0) is 27.6. The van der Waals surface area contributed by atoms with Crippen molar-refractivity contribution in [2.24, 2.45) is 0 Å². The van der Waals surface area contributed by atoms with Crippen molar-refractivity contribution in [2.45, 2.75) is 25.8 Å². The van der Waals surface area contributed by atoms with E-state index in [1.807, 2.05) is 30.3 Å². The fraction of sp³-hybridized carbons (Fsp3) is 0.167. The molecule has 1 atom stereocenters. The van der Waals surface area contributed by atoms with Crippen molar-refractivity contribution in [3.63, 3.8) is 0 Å². The molecule has 0 bridgehead atoms. The predicted molar refractivity (Wildman–Crippen MR) is 134 cm³/mol. The number of carbonyl (C=O) groups excluding carboxylic acids is 1. The number of aromatic nitrogens is 7. The van der Waals surface area contributed by atoms with Crippen molar-refractivity contribution in [1.29, 1.82) is 0 Å². The van der Waals surface area contributed by atoms with Crippen LogP contribution in [0.3, 0.4) is 0 Å². The molecule has 11 nitrogen and oxygen atoms in total. The molecule has 2 N–H and O–H groups in total. The number of halogens is 4. The number of rotatable bonds is 7. The summed E-state index contributed by atoms with van der Waals surface area (Å²) < 4.78 is 48.6. The average Bonchev–Trinajstić information content (AvgIpc) is 3.56. The Morgan fingerprint density at radius 1 is 1.08 bits per heavy atom. The van der Waals surface area contributed by atoms with Gasteiger partial charge in [-0.15, -0.1) is 4.80 Å². The number of urea groups is 1. The van der Waals surface area contributed by atoms with Gasteiger partial charge in [0, 0.05) is 6.07 Å². The average molecular weight is 558 g/mol. The van der Waals surface area contributed by atoms with Crippen LogP contribution in [-0.2, 0) is 17.5 Å². The van der Waals surface area contributed by atoms with E-state index in [2.05, 4.69) is 35.9 Å². The van der Waals surface area contributed by atoms with Crippen LogP contribution in [0, 0.1) is 0 Å². The van der Waals surface area contributed by atoms with Crippen LogP contribution in [0.15, 0.2) is 67.3 Å². The van der Waals surface area contributed by atoms with Gasteiger partial charge in [0.25, 0.3) is 0 Å². The van der Waals surface area contributed by atoms with E-state index in [0.717, 1.165) is 22.6 Å². The number of fused-ring (bicyclic) bond motifs is 1. The van der Waals surface area contributed by atoms with E-state index in [9.17, 15) is 18.0 Å². The summed E-state index contributed by atoms with van der Waals surface area (Å²) in [7, 11) is 0. The summed E-state index contributed by atoms with van der Waals surface area (Å²) in [6.07, 6.45) is -0.480. The number of nitrogens with zero attached hydrogens (tertiary/aromatic N) is 7. The molecule has 5 rings (SSSR count). The monoisotopic (exact) mass is 557 g/mol. The number of benzene rings is 1. The van der Waals surface area contributed by atoms with E-state index in [0.29, 0.717) is 11.3 Å². The first-order valence-electron chi connectivity index (χ1n) is 11.4. The van der Waals surface area contributed by atoms with Crippen LogP contribution in [0.4, 0.5) is 29.3 Å². The van der Waals surface area contributed by atoms with Crippen LogP contribution in [0.1, 0.15) is 29.8 Å². The minimum Gasteiger partial charge on any atom is -0.367 e. The summed E-state index contributed by atoms with van der Waals surface area (Å²) in [5, 5.41) is 16.8. The second-order valence-corrected chi connectivity index (χ2v) is 8.61. The Morgan fingerprint density at radius 2 is 1.82 bits per heavy atom. The molecule has 4 heterocycles. The van der Waals surface area contributed by atoms with Gasteiger partial charge < -0.3 is 15.4 Å². The number of ether oxygens (including phenoxy) is 1. The molecule has 2 amide bonds. The van der Waals surface area contributed by atoms with Crippen molar-refractivity contribution in [2.75, 3.05) is 10.6 Å². The largest absolute Gasteiger partial charge is 0.420 e. The zero-order valence-corrected chi connectivity index (χ0v) is 20.9. The summed E-state index contributed by atoms with van der Waals surface area (Å²) in [6, 6.07) is 10.9. The van der Waals surface area contributed by atoms with E-state index in [1.165, 1.54) is 23.1 Å². The maximum absolute atomic E-state index is 13.7. The molecule has 0 saturated carbocycles. The summed E-state index contributed by atoms with van der Waals surface area (Å²) in [5.41, 5.74) is 0.644. The lowest BCUT2D eigenvalue weighted by Gasteiger charge is -2.19. The van der Waals surface area contributed by atoms with Crippen LogP contribution in [0.5, 0.6) is 0 Å². The van der Waals surface area contributed by atoms with Gasteiger partial charge in [-0.1, -0.05) is 41.9 Å². The number of alkyl halides is 3. The van der Waals surface area contributed by atoms with Crippen LogP contribution < -0.4 is 10.6 Å². The highest BCUT2D eigenvalue weighted by atomic mass is 35.5. The van der Waals surface area contributed by atoms with Crippen LogP contribution >= 0.6 is 11.6 Å². The highest BCUT2D eigenvalue weighted by Gasteiger charge is 2.36. The van der Waals surface area contributed by atoms with Gasteiger partial charge in [-0.05, 0) is 18.6 Å². The molecule has 0 aliphatic heterocycles. The minimum atomic E-state index is -4.78. The standard InChI is InChI=1S/C24H19ClF3N9O2/c1-14(39-13-15-5-3-2-4-6-15)21-18(12-29-20-10-19(25)35-36(20)21)34-23(38)33-16-9-17(24(26,27)28)22(30-11-16)37-31-7-8-32-37/h2-12,14H,13H2,1H3,(H2,33,34,38). The fourth-order valence-electron chi connectivity index (χ4n) is 3.79. The first kappa shape index (κ1) is 26.1. The first-order valence-corrected chi connectivity index (χ1v) is 11.8. The van der Waals surface area contributed by atoms with Gasteiger partial charge in [0.1, 0.15) is 5.56 Å². The summed E-state index contributed by atoms with van der Waals surface area (Å²) in [5.74, 6) is -0.532. The third-order valence-electron chi connectivity index (χ3n) is 5.51. The van der Waals surface area contributed by atoms with Crippen LogP contribution in [-0.4, -0.2) is 40.6 Å². The number of pyridine rings is 1. The van der Waals surface area contributed by atoms with Gasteiger partial charge in [0.15, 0.2) is 16.6 Å². The number of nitrogens with one attached hydrogen (secondary N) is 2. The van der Waals surface area contributed by atoms with Crippen LogP contribution in [0.25, 0.3) is 11.5 Å². The van der Waals surface area contributed by atoms with Crippen LogP contribution in [0.2, 0.25) is 5.15 Å². The van der Waals surface area contributed by atoms with E-state index >= 15 is 0 Å².